The van der Waals surface area contributed by atoms with Crippen molar-refractivity contribution in [1.82, 2.24) is 0 Å². The highest BCUT2D eigenvalue weighted by atomic mass is 35.5. The maximum absolute atomic E-state index is 6.13. The minimum Gasteiger partial charge on any atom is -0.489 e. The van der Waals surface area contributed by atoms with Crippen LogP contribution in [0.1, 0.15) is 12.0 Å². The largest absolute Gasteiger partial charge is 0.489 e. The minimum atomic E-state index is 0.399. The number of halogens is 1. The van der Waals surface area contributed by atoms with Gasteiger partial charge in [0, 0.05) is 13.0 Å². The lowest BCUT2D eigenvalue weighted by Crippen LogP contribution is -2.02. The van der Waals surface area contributed by atoms with Crippen molar-refractivity contribution in [2.24, 2.45) is 5.73 Å². The summed E-state index contributed by atoms with van der Waals surface area (Å²) in [5.41, 5.74) is 7.28. The molecule has 16 heavy (non-hydrogen) atoms. The van der Waals surface area contributed by atoms with E-state index in [1.807, 2.05) is 12.1 Å². The zero-order valence-corrected chi connectivity index (χ0v) is 9.72. The molecule has 1 aliphatic rings. The SMILES string of the molecule is C=C(CN)c1cc(Cl)c2c(c1)OCCCO2. The molecule has 0 saturated heterocycles. The Balaban J connectivity index is 2.43. The molecule has 1 heterocycles. The summed E-state index contributed by atoms with van der Waals surface area (Å²) in [4.78, 5) is 0. The molecule has 4 heteroatoms. The molecule has 0 bridgehead atoms. The second-order valence-electron chi connectivity index (χ2n) is 3.64. The third-order valence-electron chi connectivity index (χ3n) is 2.46. The van der Waals surface area contributed by atoms with Gasteiger partial charge >= 0.3 is 0 Å². The van der Waals surface area contributed by atoms with Crippen molar-refractivity contribution in [1.29, 1.82) is 0 Å². The van der Waals surface area contributed by atoms with E-state index in [1.54, 1.807) is 0 Å². The van der Waals surface area contributed by atoms with Crippen molar-refractivity contribution >= 4 is 17.2 Å². The van der Waals surface area contributed by atoms with Gasteiger partial charge < -0.3 is 15.2 Å². The van der Waals surface area contributed by atoms with Crippen LogP contribution >= 0.6 is 11.6 Å². The highest BCUT2D eigenvalue weighted by Crippen LogP contribution is 2.39. The van der Waals surface area contributed by atoms with Gasteiger partial charge in [-0.05, 0) is 23.3 Å². The summed E-state index contributed by atoms with van der Waals surface area (Å²) < 4.78 is 11.1. The summed E-state index contributed by atoms with van der Waals surface area (Å²) in [6.45, 7) is 5.55. The number of hydrogen-bond donors (Lipinski definition) is 1. The first-order valence-electron chi connectivity index (χ1n) is 5.19. The van der Waals surface area contributed by atoms with Gasteiger partial charge in [0.05, 0.1) is 18.2 Å². The molecule has 0 radical (unpaired) electrons. The second kappa shape index (κ2) is 4.76. The quantitative estimate of drug-likeness (QED) is 0.862. The predicted octanol–water partition coefficient (Wildman–Crippen LogP) is 2.47. The monoisotopic (exact) mass is 239 g/mol. The fourth-order valence-electron chi connectivity index (χ4n) is 1.55. The number of fused-ring (bicyclic) bond motifs is 1. The van der Waals surface area contributed by atoms with Gasteiger partial charge in [-0.15, -0.1) is 0 Å². The molecular weight excluding hydrogens is 226 g/mol. The van der Waals surface area contributed by atoms with Gasteiger partial charge in [0.25, 0.3) is 0 Å². The van der Waals surface area contributed by atoms with Crippen molar-refractivity contribution in [3.05, 3.63) is 29.3 Å². The van der Waals surface area contributed by atoms with Gasteiger partial charge in [0.2, 0.25) is 0 Å². The molecule has 2 N–H and O–H groups in total. The predicted molar refractivity (Wildman–Crippen MR) is 65.1 cm³/mol. The van der Waals surface area contributed by atoms with Crippen LogP contribution in [-0.2, 0) is 0 Å². The molecule has 1 aromatic rings. The Kier molecular flexibility index (Phi) is 3.36. The first-order chi connectivity index (χ1) is 7.72. The number of rotatable bonds is 2. The lowest BCUT2D eigenvalue weighted by Gasteiger charge is -2.12. The molecule has 1 aliphatic heterocycles. The molecule has 0 spiro atoms. The highest BCUT2D eigenvalue weighted by Gasteiger charge is 2.16. The van der Waals surface area contributed by atoms with Crippen LogP contribution in [0, 0.1) is 0 Å². The van der Waals surface area contributed by atoms with E-state index in [0.717, 1.165) is 17.6 Å². The van der Waals surface area contributed by atoms with E-state index in [0.29, 0.717) is 36.3 Å². The van der Waals surface area contributed by atoms with Gasteiger partial charge in [-0.3, -0.25) is 0 Å². The lowest BCUT2D eigenvalue weighted by molar-refractivity contribution is 0.297. The number of nitrogens with two attached hydrogens (primary N) is 1. The summed E-state index contributed by atoms with van der Waals surface area (Å²) in [6.07, 6.45) is 0.859. The molecule has 0 amide bonds. The van der Waals surface area contributed by atoms with Crippen LogP contribution in [0.4, 0.5) is 0 Å². The summed E-state index contributed by atoms with van der Waals surface area (Å²) >= 11 is 6.13. The van der Waals surface area contributed by atoms with Gasteiger partial charge in [0.1, 0.15) is 0 Å². The van der Waals surface area contributed by atoms with Gasteiger partial charge in [-0.2, -0.15) is 0 Å². The van der Waals surface area contributed by atoms with Crippen molar-refractivity contribution in [2.75, 3.05) is 19.8 Å². The zero-order valence-electron chi connectivity index (χ0n) is 8.96. The Morgan fingerprint density at radius 2 is 2.12 bits per heavy atom. The van der Waals surface area contributed by atoms with Gasteiger partial charge in [0.15, 0.2) is 11.5 Å². The van der Waals surface area contributed by atoms with Gasteiger partial charge in [-0.25, -0.2) is 0 Å². The number of ether oxygens (including phenoxy) is 2. The van der Waals surface area contributed by atoms with Crippen LogP contribution in [0.15, 0.2) is 18.7 Å². The Labute approximate surface area is 99.8 Å². The Morgan fingerprint density at radius 1 is 1.38 bits per heavy atom. The van der Waals surface area contributed by atoms with E-state index in [-0.39, 0.29) is 0 Å². The molecule has 86 valence electrons. The normalized spacial score (nSPS) is 14.4. The third kappa shape index (κ3) is 2.15. The smallest absolute Gasteiger partial charge is 0.179 e. The molecule has 0 fully saturated rings. The molecule has 0 aliphatic carbocycles. The fraction of sp³-hybridized carbons (Fsp3) is 0.333. The van der Waals surface area contributed by atoms with Crippen molar-refractivity contribution in [3.63, 3.8) is 0 Å². The van der Waals surface area contributed by atoms with E-state index in [1.165, 1.54) is 0 Å². The molecular formula is C12H14ClNO2. The highest BCUT2D eigenvalue weighted by molar-refractivity contribution is 6.32. The first kappa shape index (κ1) is 11.3. The van der Waals surface area contributed by atoms with Crippen LogP contribution in [0.5, 0.6) is 11.5 Å². The van der Waals surface area contributed by atoms with Crippen molar-refractivity contribution < 1.29 is 9.47 Å². The van der Waals surface area contributed by atoms with Crippen LogP contribution in [-0.4, -0.2) is 19.8 Å². The molecule has 2 rings (SSSR count). The zero-order chi connectivity index (χ0) is 11.5. The van der Waals surface area contributed by atoms with E-state index < -0.39 is 0 Å². The first-order valence-corrected chi connectivity index (χ1v) is 5.57. The summed E-state index contributed by atoms with van der Waals surface area (Å²) in [5, 5.41) is 0.545. The van der Waals surface area contributed by atoms with E-state index >= 15 is 0 Å². The third-order valence-corrected chi connectivity index (χ3v) is 2.74. The van der Waals surface area contributed by atoms with E-state index in [4.69, 9.17) is 26.8 Å². The lowest BCUT2D eigenvalue weighted by atomic mass is 10.1. The summed E-state index contributed by atoms with van der Waals surface area (Å²) in [7, 11) is 0. The molecule has 0 saturated carbocycles. The van der Waals surface area contributed by atoms with Crippen LogP contribution in [0.2, 0.25) is 5.02 Å². The Hall–Kier alpha value is -1.19. The average molecular weight is 240 g/mol. The summed E-state index contributed by atoms with van der Waals surface area (Å²) in [5.74, 6) is 1.29. The van der Waals surface area contributed by atoms with Crippen LogP contribution < -0.4 is 15.2 Å². The Bertz CT molecular complexity index is 418. The molecule has 0 aromatic heterocycles. The molecule has 0 atom stereocenters. The van der Waals surface area contributed by atoms with Crippen LogP contribution in [0.3, 0.4) is 0 Å². The Morgan fingerprint density at radius 3 is 2.88 bits per heavy atom. The molecule has 3 nitrogen and oxygen atoms in total. The minimum absolute atomic E-state index is 0.399. The standard InChI is InChI=1S/C12H14ClNO2/c1-8(7-14)9-5-10(13)12-11(6-9)15-3-2-4-16-12/h5-6H,1-4,7,14H2. The maximum atomic E-state index is 6.13. The topological polar surface area (TPSA) is 44.5 Å². The maximum Gasteiger partial charge on any atom is 0.179 e. The molecule has 0 unspecified atom stereocenters. The number of benzene rings is 1. The summed E-state index contributed by atoms with van der Waals surface area (Å²) in [6, 6.07) is 3.69. The van der Waals surface area contributed by atoms with Crippen LogP contribution in [0.25, 0.3) is 5.57 Å². The number of hydrogen-bond acceptors (Lipinski definition) is 3. The second-order valence-corrected chi connectivity index (χ2v) is 4.05. The average Bonchev–Trinajstić information content (AvgIpc) is 2.53. The van der Waals surface area contributed by atoms with E-state index in [2.05, 4.69) is 6.58 Å². The molecule has 1 aromatic carbocycles. The van der Waals surface area contributed by atoms with Gasteiger partial charge in [-0.1, -0.05) is 18.2 Å². The van der Waals surface area contributed by atoms with Crippen molar-refractivity contribution in [3.8, 4) is 11.5 Å². The van der Waals surface area contributed by atoms with E-state index in [9.17, 15) is 0 Å². The van der Waals surface area contributed by atoms with Crippen molar-refractivity contribution in [2.45, 2.75) is 6.42 Å². The fourth-order valence-corrected chi connectivity index (χ4v) is 1.82.